The molecule has 0 fully saturated rings. The van der Waals surface area contributed by atoms with E-state index in [1.54, 1.807) is 34.9 Å². The maximum Gasteiger partial charge on any atom is 0.274 e. The van der Waals surface area contributed by atoms with Gasteiger partial charge in [0.05, 0.1) is 29.8 Å². The second-order valence-electron chi connectivity index (χ2n) is 5.48. The number of aryl methyl sites for hydroxylation is 4. The molecule has 0 aliphatic rings. The van der Waals surface area contributed by atoms with Crippen LogP contribution in [-0.2, 0) is 13.6 Å². The van der Waals surface area contributed by atoms with Gasteiger partial charge >= 0.3 is 0 Å². The molecule has 0 radical (unpaired) electrons. The van der Waals surface area contributed by atoms with Gasteiger partial charge in [0.1, 0.15) is 11.5 Å². The molecule has 0 atom stereocenters. The Bertz CT molecular complexity index is 838. The second-order valence-corrected chi connectivity index (χ2v) is 5.48. The van der Waals surface area contributed by atoms with Crippen molar-refractivity contribution in [3.63, 3.8) is 0 Å². The van der Waals surface area contributed by atoms with E-state index in [4.69, 9.17) is 4.52 Å². The minimum atomic E-state index is -0.218. The van der Waals surface area contributed by atoms with Crippen molar-refractivity contribution < 1.29 is 9.32 Å². The molecule has 0 bridgehead atoms. The molecule has 0 aliphatic carbocycles. The van der Waals surface area contributed by atoms with Crippen LogP contribution in [-0.4, -0.2) is 30.6 Å². The zero-order chi connectivity index (χ0) is 16.6. The first kappa shape index (κ1) is 15.0. The van der Waals surface area contributed by atoms with Crippen molar-refractivity contribution in [1.82, 2.24) is 24.7 Å². The van der Waals surface area contributed by atoms with E-state index in [9.17, 15) is 4.79 Å². The van der Waals surface area contributed by atoms with Gasteiger partial charge in [-0.1, -0.05) is 5.16 Å². The monoisotopic (exact) mass is 314 g/mol. The van der Waals surface area contributed by atoms with Crippen LogP contribution in [0.4, 0.5) is 5.69 Å². The molecule has 0 saturated carbocycles. The molecule has 23 heavy (non-hydrogen) atoms. The lowest BCUT2D eigenvalue weighted by atomic mass is 10.2. The van der Waals surface area contributed by atoms with Crippen LogP contribution in [0.1, 0.15) is 33.2 Å². The smallest absolute Gasteiger partial charge is 0.274 e. The van der Waals surface area contributed by atoms with Gasteiger partial charge < -0.3 is 9.84 Å². The van der Waals surface area contributed by atoms with Gasteiger partial charge in [0.2, 0.25) is 0 Å². The van der Waals surface area contributed by atoms with Crippen LogP contribution in [0.25, 0.3) is 0 Å². The lowest BCUT2D eigenvalue weighted by Gasteiger charge is -2.02. The lowest BCUT2D eigenvalue weighted by molar-refractivity contribution is 0.101. The topological polar surface area (TPSA) is 90.8 Å². The molecular formula is C15H18N6O2. The number of nitrogens with one attached hydrogen (secondary N) is 1. The molecular weight excluding hydrogens is 296 g/mol. The Labute approximate surface area is 133 Å². The summed E-state index contributed by atoms with van der Waals surface area (Å²) in [4.78, 5) is 12.2. The summed E-state index contributed by atoms with van der Waals surface area (Å²) in [6.07, 6.45) is 3.38. The number of nitrogens with zero attached hydrogens (tertiary/aromatic N) is 5. The zero-order valence-corrected chi connectivity index (χ0v) is 13.5. The number of hydrogen-bond donors (Lipinski definition) is 1. The Morgan fingerprint density at radius 2 is 2.13 bits per heavy atom. The number of carbonyl (C=O) groups excluding carboxylic acids is 1. The SMILES string of the molecule is Cc1cc(C(=O)Nc2cnn(Cc3c(C)noc3C)c2)n(C)n1. The molecule has 120 valence electrons. The van der Waals surface area contributed by atoms with Gasteiger partial charge in [-0.3, -0.25) is 14.2 Å². The maximum atomic E-state index is 12.2. The van der Waals surface area contributed by atoms with Gasteiger partial charge in [-0.05, 0) is 26.8 Å². The third kappa shape index (κ3) is 3.01. The fraction of sp³-hybridized carbons (Fsp3) is 0.333. The number of hydrogen-bond acceptors (Lipinski definition) is 5. The molecule has 1 N–H and O–H groups in total. The van der Waals surface area contributed by atoms with Gasteiger partial charge in [-0.15, -0.1) is 0 Å². The fourth-order valence-electron chi connectivity index (χ4n) is 2.42. The van der Waals surface area contributed by atoms with Crippen LogP contribution < -0.4 is 5.32 Å². The summed E-state index contributed by atoms with van der Waals surface area (Å²) in [5.41, 5.74) is 3.76. The van der Waals surface area contributed by atoms with Crippen LogP contribution in [0.15, 0.2) is 23.0 Å². The van der Waals surface area contributed by atoms with E-state index in [-0.39, 0.29) is 5.91 Å². The Hall–Kier alpha value is -2.90. The second kappa shape index (κ2) is 5.71. The lowest BCUT2D eigenvalue weighted by Crippen LogP contribution is -2.15. The van der Waals surface area contributed by atoms with Crippen LogP contribution in [0.5, 0.6) is 0 Å². The predicted molar refractivity (Wildman–Crippen MR) is 83.2 cm³/mol. The Morgan fingerprint density at radius 3 is 2.74 bits per heavy atom. The minimum Gasteiger partial charge on any atom is -0.361 e. The van der Waals surface area contributed by atoms with Crippen molar-refractivity contribution in [2.75, 3.05) is 5.32 Å². The number of rotatable bonds is 4. The van der Waals surface area contributed by atoms with Crippen molar-refractivity contribution in [3.8, 4) is 0 Å². The van der Waals surface area contributed by atoms with Crippen molar-refractivity contribution in [3.05, 3.63) is 46.9 Å². The maximum absolute atomic E-state index is 12.2. The quantitative estimate of drug-likeness (QED) is 0.793. The molecule has 3 aromatic rings. The molecule has 0 aromatic carbocycles. The zero-order valence-electron chi connectivity index (χ0n) is 13.5. The first-order chi connectivity index (χ1) is 10.9. The number of amides is 1. The fourth-order valence-corrected chi connectivity index (χ4v) is 2.42. The van der Waals surface area contributed by atoms with Gasteiger partial charge in [-0.25, -0.2) is 0 Å². The van der Waals surface area contributed by atoms with Crippen LogP contribution in [0.3, 0.4) is 0 Å². The number of carbonyl (C=O) groups is 1. The average molecular weight is 314 g/mol. The predicted octanol–water partition coefficient (Wildman–Crippen LogP) is 1.83. The highest BCUT2D eigenvalue weighted by atomic mass is 16.5. The minimum absolute atomic E-state index is 0.218. The summed E-state index contributed by atoms with van der Waals surface area (Å²) < 4.78 is 8.43. The first-order valence-corrected chi connectivity index (χ1v) is 7.20. The van der Waals surface area contributed by atoms with Gasteiger partial charge in [0.25, 0.3) is 5.91 Å². The summed E-state index contributed by atoms with van der Waals surface area (Å²) in [6, 6.07) is 1.74. The van der Waals surface area contributed by atoms with Crippen molar-refractivity contribution in [1.29, 1.82) is 0 Å². The number of anilines is 1. The highest BCUT2D eigenvalue weighted by molar-refractivity contribution is 6.02. The highest BCUT2D eigenvalue weighted by Crippen LogP contribution is 2.15. The third-order valence-electron chi connectivity index (χ3n) is 3.63. The van der Waals surface area contributed by atoms with Crippen molar-refractivity contribution in [2.24, 2.45) is 7.05 Å². The Balaban J connectivity index is 1.72. The summed E-state index contributed by atoms with van der Waals surface area (Å²) in [5, 5.41) is 15.2. The summed E-state index contributed by atoms with van der Waals surface area (Å²) >= 11 is 0. The summed E-state index contributed by atoms with van der Waals surface area (Å²) in [6.45, 7) is 6.15. The molecule has 3 rings (SSSR count). The molecule has 3 heterocycles. The van der Waals surface area contributed by atoms with Gasteiger partial charge in [0, 0.05) is 18.8 Å². The largest absolute Gasteiger partial charge is 0.361 e. The molecule has 1 amide bonds. The van der Waals surface area contributed by atoms with Crippen LogP contribution in [0.2, 0.25) is 0 Å². The Kier molecular flexibility index (Phi) is 3.73. The average Bonchev–Trinajstić information content (AvgIpc) is 3.15. The Morgan fingerprint density at radius 1 is 1.35 bits per heavy atom. The molecule has 3 aromatic heterocycles. The third-order valence-corrected chi connectivity index (χ3v) is 3.63. The van der Waals surface area contributed by atoms with Gasteiger partial charge in [0.15, 0.2) is 0 Å². The molecule has 8 heteroatoms. The normalized spacial score (nSPS) is 11.0. The van der Waals surface area contributed by atoms with E-state index in [0.717, 1.165) is 22.7 Å². The molecule has 0 spiro atoms. The van der Waals surface area contributed by atoms with Gasteiger partial charge in [-0.2, -0.15) is 10.2 Å². The van der Waals surface area contributed by atoms with E-state index in [1.165, 1.54) is 0 Å². The van der Waals surface area contributed by atoms with E-state index in [2.05, 4.69) is 20.7 Å². The molecule has 0 aliphatic heterocycles. The molecule has 0 unspecified atom stereocenters. The summed E-state index contributed by atoms with van der Waals surface area (Å²) in [5.74, 6) is 0.555. The van der Waals surface area contributed by atoms with E-state index in [1.807, 2.05) is 20.8 Å². The standard InChI is InChI=1S/C15H18N6O2/c1-9-5-14(20(4)18-9)15(22)17-12-6-16-21(7-12)8-13-10(2)19-23-11(13)3/h5-7H,8H2,1-4H3,(H,17,22). The first-order valence-electron chi connectivity index (χ1n) is 7.20. The van der Waals surface area contributed by atoms with Crippen molar-refractivity contribution in [2.45, 2.75) is 27.3 Å². The van der Waals surface area contributed by atoms with Crippen molar-refractivity contribution >= 4 is 11.6 Å². The highest BCUT2D eigenvalue weighted by Gasteiger charge is 2.14. The van der Waals surface area contributed by atoms with Crippen LogP contribution in [0, 0.1) is 20.8 Å². The molecule has 0 saturated heterocycles. The van der Waals surface area contributed by atoms with E-state index >= 15 is 0 Å². The van der Waals surface area contributed by atoms with Crippen LogP contribution >= 0.6 is 0 Å². The summed E-state index contributed by atoms with van der Waals surface area (Å²) in [7, 11) is 1.74. The number of aromatic nitrogens is 5. The van der Waals surface area contributed by atoms with E-state index < -0.39 is 0 Å². The molecule has 8 nitrogen and oxygen atoms in total. The van der Waals surface area contributed by atoms with E-state index in [0.29, 0.717) is 17.9 Å².